The maximum Gasteiger partial charge on any atom is 0.248 e. The monoisotopic (exact) mass is 260 g/mol. The maximum atomic E-state index is 13.1. The van der Waals surface area contributed by atoms with Crippen LogP contribution in [0.1, 0.15) is 44.9 Å². The molecule has 18 heavy (non-hydrogen) atoms. The van der Waals surface area contributed by atoms with Gasteiger partial charge >= 0.3 is 0 Å². The summed E-state index contributed by atoms with van der Waals surface area (Å²) >= 11 is 0. The van der Waals surface area contributed by atoms with Crippen molar-refractivity contribution in [1.82, 2.24) is 4.90 Å². The molecule has 0 aromatic heterocycles. The fraction of sp³-hybridized carbons (Fsp3) is 0.923. The molecule has 1 amide bonds. The van der Waals surface area contributed by atoms with Crippen LogP contribution in [-0.2, 0) is 4.79 Å². The first kappa shape index (κ1) is 13.7. The first-order valence-electron chi connectivity index (χ1n) is 6.92. The van der Waals surface area contributed by atoms with Crippen LogP contribution < -0.4 is 5.73 Å². The summed E-state index contributed by atoms with van der Waals surface area (Å²) in [5, 5.41) is 0. The fourth-order valence-electron chi connectivity index (χ4n) is 3.06. The topological polar surface area (TPSA) is 46.3 Å². The standard InChI is InChI=1S/C13H22F2N2O/c14-13(15)6-4-10(5-7-13)12(18)17-8-2-1-3-11(17)9-16/h10-11H,1-9,16H2. The number of carbonyl (C=O) groups excluding carboxylic acids is 1. The molecular formula is C13H22F2N2O. The lowest BCUT2D eigenvalue weighted by Gasteiger charge is -2.39. The molecule has 5 heteroatoms. The molecule has 2 fully saturated rings. The summed E-state index contributed by atoms with van der Waals surface area (Å²) in [5.74, 6) is -2.72. The van der Waals surface area contributed by atoms with Crippen molar-refractivity contribution in [3.63, 3.8) is 0 Å². The molecule has 1 aliphatic carbocycles. The largest absolute Gasteiger partial charge is 0.338 e. The predicted octanol–water partition coefficient (Wildman–Crippen LogP) is 2.15. The van der Waals surface area contributed by atoms with Crippen LogP contribution in [0.25, 0.3) is 0 Å². The quantitative estimate of drug-likeness (QED) is 0.827. The van der Waals surface area contributed by atoms with E-state index in [1.807, 2.05) is 4.90 Å². The SMILES string of the molecule is NCC1CCCCN1C(=O)C1CCC(F)(F)CC1. The number of amides is 1. The van der Waals surface area contributed by atoms with Gasteiger partial charge in [-0.3, -0.25) is 4.79 Å². The number of halogens is 2. The van der Waals surface area contributed by atoms with Crippen molar-refractivity contribution < 1.29 is 13.6 Å². The number of carbonyl (C=O) groups is 1. The van der Waals surface area contributed by atoms with Crippen molar-refractivity contribution in [1.29, 1.82) is 0 Å². The number of hydrogen-bond donors (Lipinski definition) is 1. The second-order valence-electron chi connectivity index (χ2n) is 5.55. The van der Waals surface area contributed by atoms with E-state index in [4.69, 9.17) is 5.73 Å². The Hall–Kier alpha value is -0.710. The van der Waals surface area contributed by atoms with E-state index in [2.05, 4.69) is 0 Å². The lowest BCUT2D eigenvalue weighted by molar-refractivity contribution is -0.143. The zero-order chi connectivity index (χ0) is 13.2. The van der Waals surface area contributed by atoms with E-state index >= 15 is 0 Å². The van der Waals surface area contributed by atoms with Gasteiger partial charge in [-0.2, -0.15) is 0 Å². The summed E-state index contributed by atoms with van der Waals surface area (Å²) < 4.78 is 26.2. The summed E-state index contributed by atoms with van der Waals surface area (Å²) in [6, 6.07) is 0.119. The Kier molecular flexibility index (Phi) is 4.20. The van der Waals surface area contributed by atoms with Gasteiger partial charge in [-0.15, -0.1) is 0 Å². The second-order valence-corrected chi connectivity index (χ2v) is 5.55. The van der Waals surface area contributed by atoms with Crippen LogP contribution in [0.4, 0.5) is 8.78 Å². The Morgan fingerprint density at radius 3 is 2.50 bits per heavy atom. The van der Waals surface area contributed by atoms with Gasteiger partial charge in [0, 0.05) is 37.9 Å². The van der Waals surface area contributed by atoms with Crippen LogP contribution >= 0.6 is 0 Å². The van der Waals surface area contributed by atoms with Crippen LogP contribution in [0.2, 0.25) is 0 Å². The highest BCUT2D eigenvalue weighted by atomic mass is 19.3. The molecule has 2 N–H and O–H groups in total. The highest BCUT2D eigenvalue weighted by Gasteiger charge is 2.39. The zero-order valence-corrected chi connectivity index (χ0v) is 10.7. The van der Waals surface area contributed by atoms with E-state index < -0.39 is 5.92 Å². The molecule has 1 saturated carbocycles. The molecule has 0 aromatic carbocycles. The van der Waals surface area contributed by atoms with E-state index in [-0.39, 0.29) is 30.7 Å². The fourth-order valence-corrected chi connectivity index (χ4v) is 3.06. The van der Waals surface area contributed by atoms with Crippen LogP contribution in [0.15, 0.2) is 0 Å². The molecule has 1 aliphatic heterocycles. The highest BCUT2D eigenvalue weighted by Crippen LogP contribution is 2.37. The first-order chi connectivity index (χ1) is 8.53. The average molecular weight is 260 g/mol. The minimum atomic E-state index is -2.56. The third kappa shape index (κ3) is 2.99. The van der Waals surface area contributed by atoms with Crippen molar-refractivity contribution >= 4 is 5.91 Å². The van der Waals surface area contributed by atoms with E-state index in [9.17, 15) is 13.6 Å². The van der Waals surface area contributed by atoms with Crippen LogP contribution in [0.5, 0.6) is 0 Å². The van der Waals surface area contributed by atoms with Gasteiger partial charge in [-0.25, -0.2) is 8.78 Å². The summed E-state index contributed by atoms with van der Waals surface area (Å²) in [5.41, 5.74) is 5.69. The number of rotatable bonds is 2. The number of nitrogens with zero attached hydrogens (tertiary/aromatic N) is 1. The van der Waals surface area contributed by atoms with Gasteiger partial charge in [0.1, 0.15) is 0 Å². The zero-order valence-electron chi connectivity index (χ0n) is 10.7. The molecule has 2 rings (SSSR count). The number of hydrogen-bond acceptors (Lipinski definition) is 2. The van der Waals surface area contributed by atoms with Gasteiger partial charge in [0.2, 0.25) is 11.8 Å². The van der Waals surface area contributed by atoms with E-state index in [1.165, 1.54) is 0 Å². The lowest BCUT2D eigenvalue weighted by atomic mass is 9.85. The molecule has 104 valence electrons. The summed E-state index contributed by atoms with van der Waals surface area (Å²) in [6.45, 7) is 1.22. The molecule has 1 atom stereocenters. The van der Waals surface area contributed by atoms with Crippen molar-refractivity contribution in [3.8, 4) is 0 Å². The summed E-state index contributed by atoms with van der Waals surface area (Å²) in [4.78, 5) is 14.2. The normalized spacial score (nSPS) is 29.3. The molecule has 2 aliphatic rings. The molecule has 3 nitrogen and oxygen atoms in total. The van der Waals surface area contributed by atoms with Crippen LogP contribution in [0, 0.1) is 5.92 Å². The van der Waals surface area contributed by atoms with Crippen molar-refractivity contribution in [3.05, 3.63) is 0 Å². The third-order valence-electron chi connectivity index (χ3n) is 4.25. The molecule has 0 aromatic rings. The summed E-state index contributed by atoms with van der Waals surface area (Å²) in [6.07, 6.45) is 3.40. The van der Waals surface area contributed by atoms with Crippen LogP contribution in [-0.4, -0.2) is 35.9 Å². The van der Waals surface area contributed by atoms with Crippen molar-refractivity contribution in [2.75, 3.05) is 13.1 Å². The van der Waals surface area contributed by atoms with Gasteiger partial charge in [0.25, 0.3) is 0 Å². The Morgan fingerprint density at radius 1 is 1.22 bits per heavy atom. The Bertz CT molecular complexity index is 299. The second kappa shape index (κ2) is 5.51. The Morgan fingerprint density at radius 2 is 1.89 bits per heavy atom. The molecular weight excluding hydrogens is 238 g/mol. The Labute approximate surface area is 107 Å². The summed E-state index contributed by atoms with van der Waals surface area (Å²) in [7, 11) is 0. The van der Waals surface area contributed by atoms with Gasteiger partial charge in [-0.05, 0) is 32.1 Å². The smallest absolute Gasteiger partial charge is 0.248 e. The Balaban J connectivity index is 1.94. The number of alkyl halides is 2. The third-order valence-corrected chi connectivity index (χ3v) is 4.25. The number of likely N-dealkylation sites (tertiary alicyclic amines) is 1. The molecule has 0 radical (unpaired) electrons. The lowest BCUT2D eigenvalue weighted by Crippen LogP contribution is -2.50. The van der Waals surface area contributed by atoms with Gasteiger partial charge in [0.15, 0.2) is 0 Å². The minimum absolute atomic E-state index is 0.0562. The van der Waals surface area contributed by atoms with E-state index in [0.717, 1.165) is 25.8 Å². The first-order valence-corrected chi connectivity index (χ1v) is 6.92. The molecule has 0 bridgehead atoms. The average Bonchev–Trinajstić information content (AvgIpc) is 2.38. The minimum Gasteiger partial charge on any atom is -0.338 e. The van der Waals surface area contributed by atoms with Crippen molar-refractivity contribution in [2.45, 2.75) is 56.9 Å². The molecule has 1 unspecified atom stereocenters. The van der Waals surface area contributed by atoms with Gasteiger partial charge in [-0.1, -0.05) is 0 Å². The van der Waals surface area contributed by atoms with Gasteiger partial charge in [0.05, 0.1) is 0 Å². The molecule has 1 heterocycles. The molecule has 1 saturated heterocycles. The van der Waals surface area contributed by atoms with Gasteiger partial charge < -0.3 is 10.6 Å². The van der Waals surface area contributed by atoms with Crippen LogP contribution in [0.3, 0.4) is 0 Å². The predicted molar refractivity (Wildman–Crippen MR) is 65.3 cm³/mol. The number of nitrogens with two attached hydrogens (primary N) is 1. The molecule has 0 spiro atoms. The maximum absolute atomic E-state index is 13.1. The highest BCUT2D eigenvalue weighted by molar-refractivity contribution is 5.79. The van der Waals surface area contributed by atoms with E-state index in [1.54, 1.807) is 0 Å². The van der Waals surface area contributed by atoms with Crippen molar-refractivity contribution in [2.24, 2.45) is 11.7 Å². The number of piperidine rings is 1. The van der Waals surface area contributed by atoms with E-state index in [0.29, 0.717) is 19.4 Å².